The second-order valence-electron chi connectivity index (χ2n) is 4.14. The molecule has 102 valence electrons. The summed E-state index contributed by atoms with van der Waals surface area (Å²) in [5, 5.41) is 11.7. The molecule has 0 aliphatic heterocycles. The van der Waals surface area contributed by atoms with Crippen LogP contribution in [-0.4, -0.2) is 24.7 Å². The van der Waals surface area contributed by atoms with Crippen molar-refractivity contribution in [3.63, 3.8) is 0 Å². The van der Waals surface area contributed by atoms with Crippen LogP contribution in [0.5, 0.6) is 0 Å². The molecule has 2 aromatic heterocycles. The predicted molar refractivity (Wildman–Crippen MR) is 74.2 cm³/mol. The number of aromatic nitrogens is 5. The summed E-state index contributed by atoms with van der Waals surface area (Å²) >= 11 is 6.09. The Kier molecular flexibility index (Phi) is 4.31. The first-order valence-corrected chi connectivity index (χ1v) is 6.67. The molecule has 0 aliphatic carbocycles. The van der Waals surface area contributed by atoms with E-state index < -0.39 is 0 Å². The van der Waals surface area contributed by atoms with E-state index in [1.165, 1.54) is 0 Å². The number of nitrogens with one attached hydrogen (secondary N) is 1. The molecule has 0 saturated heterocycles. The lowest BCUT2D eigenvalue weighted by Crippen LogP contribution is -2.11. The zero-order chi connectivity index (χ0) is 13.8. The molecule has 0 bridgehead atoms. The van der Waals surface area contributed by atoms with Crippen molar-refractivity contribution in [3.8, 4) is 0 Å². The molecule has 0 atom stereocenters. The number of hydrogen-bond acceptors (Lipinski definition) is 5. The first-order chi connectivity index (χ1) is 9.15. The molecule has 0 unspecified atom stereocenters. The van der Waals surface area contributed by atoms with Gasteiger partial charge in [0.1, 0.15) is 23.1 Å². The Balaban J connectivity index is 2.17. The molecule has 2 rings (SSSR count). The second kappa shape index (κ2) is 5.97. The zero-order valence-corrected chi connectivity index (χ0v) is 12.1. The molecule has 0 fully saturated rings. The van der Waals surface area contributed by atoms with Crippen LogP contribution < -0.4 is 5.32 Å². The molecule has 19 heavy (non-hydrogen) atoms. The van der Waals surface area contributed by atoms with Crippen LogP contribution in [-0.2, 0) is 19.5 Å². The highest BCUT2D eigenvalue weighted by molar-refractivity contribution is 6.30. The summed E-state index contributed by atoms with van der Waals surface area (Å²) in [6.45, 7) is 7.35. The van der Waals surface area contributed by atoms with Gasteiger partial charge in [-0.05, 0) is 13.8 Å². The van der Waals surface area contributed by atoms with Crippen LogP contribution in [0.3, 0.4) is 0 Å². The lowest BCUT2D eigenvalue weighted by Gasteiger charge is -2.11. The van der Waals surface area contributed by atoms with E-state index in [4.69, 9.17) is 11.6 Å². The van der Waals surface area contributed by atoms with Crippen molar-refractivity contribution in [1.29, 1.82) is 0 Å². The van der Waals surface area contributed by atoms with Crippen LogP contribution in [0.1, 0.15) is 31.1 Å². The van der Waals surface area contributed by atoms with Crippen molar-refractivity contribution in [1.82, 2.24) is 24.7 Å². The van der Waals surface area contributed by atoms with Crippen molar-refractivity contribution in [2.75, 3.05) is 5.32 Å². The van der Waals surface area contributed by atoms with E-state index in [0.29, 0.717) is 11.7 Å². The number of aryl methyl sites for hydroxylation is 2. The summed E-state index contributed by atoms with van der Waals surface area (Å²) in [4.78, 5) is 8.65. The minimum absolute atomic E-state index is 0.492. The Hall–Kier alpha value is -1.69. The van der Waals surface area contributed by atoms with Crippen LogP contribution >= 0.6 is 11.6 Å². The lowest BCUT2D eigenvalue weighted by atomic mass is 10.3. The van der Waals surface area contributed by atoms with Crippen molar-refractivity contribution in [2.45, 2.75) is 40.3 Å². The van der Waals surface area contributed by atoms with Gasteiger partial charge in [-0.25, -0.2) is 9.97 Å². The molecule has 0 aromatic carbocycles. The number of rotatable bonds is 5. The van der Waals surface area contributed by atoms with Gasteiger partial charge in [0.05, 0.1) is 6.54 Å². The zero-order valence-electron chi connectivity index (χ0n) is 11.3. The van der Waals surface area contributed by atoms with Gasteiger partial charge in [0.15, 0.2) is 5.82 Å². The fraction of sp³-hybridized carbons (Fsp3) is 0.500. The minimum Gasteiger partial charge on any atom is -0.362 e. The summed E-state index contributed by atoms with van der Waals surface area (Å²) in [5.41, 5.74) is 0.849. The van der Waals surface area contributed by atoms with Gasteiger partial charge < -0.3 is 9.88 Å². The van der Waals surface area contributed by atoms with Gasteiger partial charge in [-0.1, -0.05) is 18.5 Å². The monoisotopic (exact) mass is 280 g/mol. The Morgan fingerprint density at radius 2 is 2.11 bits per heavy atom. The SMILES string of the molecule is CCc1nc(Cl)c(C)c(NCc2nncn2CC)n1. The smallest absolute Gasteiger partial charge is 0.152 e. The van der Waals surface area contributed by atoms with Crippen molar-refractivity contribution < 1.29 is 0 Å². The Morgan fingerprint density at radius 3 is 2.79 bits per heavy atom. The normalized spacial score (nSPS) is 10.7. The van der Waals surface area contributed by atoms with Crippen LogP contribution in [0.15, 0.2) is 6.33 Å². The maximum Gasteiger partial charge on any atom is 0.152 e. The van der Waals surface area contributed by atoms with Crippen LogP contribution in [0.4, 0.5) is 5.82 Å². The molecular weight excluding hydrogens is 264 g/mol. The molecule has 0 saturated carbocycles. The van der Waals surface area contributed by atoms with E-state index in [2.05, 4.69) is 32.4 Å². The minimum atomic E-state index is 0.492. The molecule has 0 amide bonds. The summed E-state index contributed by atoms with van der Waals surface area (Å²) in [5.74, 6) is 2.35. The average Bonchev–Trinajstić information content (AvgIpc) is 2.87. The van der Waals surface area contributed by atoms with Crippen molar-refractivity contribution in [2.24, 2.45) is 0 Å². The Bertz CT molecular complexity index is 565. The van der Waals surface area contributed by atoms with Crippen LogP contribution in [0.2, 0.25) is 5.15 Å². The Labute approximate surface area is 117 Å². The molecule has 0 radical (unpaired) electrons. The summed E-state index contributed by atoms with van der Waals surface area (Å²) in [7, 11) is 0. The van der Waals surface area contributed by atoms with E-state index in [1.807, 2.05) is 18.4 Å². The maximum absolute atomic E-state index is 6.09. The van der Waals surface area contributed by atoms with Crippen molar-refractivity contribution >= 4 is 17.4 Å². The predicted octanol–water partition coefficient (Wildman–Crippen LogP) is 2.22. The van der Waals surface area contributed by atoms with Gasteiger partial charge in [-0.2, -0.15) is 0 Å². The maximum atomic E-state index is 6.09. The van der Waals surface area contributed by atoms with E-state index >= 15 is 0 Å². The third kappa shape index (κ3) is 3.01. The number of nitrogens with zero attached hydrogens (tertiary/aromatic N) is 5. The van der Waals surface area contributed by atoms with Gasteiger partial charge in [0.25, 0.3) is 0 Å². The molecule has 2 aromatic rings. The van der Waals surface area contributed by atoms with Gasteiger partial charge in [0.2, 0.25) is 0 Å². The summed E-state index contributed by atoms with van der Waals surface area (Å²) in [6.07, 6.45) is 2.47. The summed E-state index contributed by atoms with van der Waals surface area (Å²) in [6, 6.07) is 0. The molecular formula is C12H17ClN6. The molecule has 0 spiro atoms. The molecule has 6 nitrogen and oxygen atoms in total. The van der Waals surface area contributed by atoms with Gasteiger partial charge in [-0.3, -0.25) is 0 Å². The topological polar surface area (TPSA) is 68.5 Å². The fourth-order valence-electron chi connectivity index (χ4n) is 1.71. The van der Waals surface area contributed by atoms with Gasteiger partial charge in [-0.15, -0.1) is 10.2 Å². The highest BCUT2D eigenvalue weighted by Gasteiger charge is 2.09. The van der Waals surface area contributed by atoms with E-state index in [9.17, 15) is 0 Å². The first kappa shape index (κ1) is 13.7. The van der Waals surface area contributed by atoms with Gasteiger partial charge >= 0.3 is 0 Å². The van der Waals surface area contributed by atoms with E-state index in [-0.39, 0.29) is 0 Å². The third-order valence-electron chi connectivity index (χ3n) is 2.90. The highest BCUT2D eigenvalue weighted by atomic mass is 35.5. The summed E-state index contributed by atoms with van der Waals surface area (Å²) < 4.78 is 1.98. The van der Waals surface area contributed by atoms with Crippen LogP contribution in [0, 0.1) is 6.92 Å². The fourth-order valence-corrected chi connectivity index (χ4v) is 1.89. The quantitative estimate of drug-likeness (QED) is 0.851. The Morgan fingerprint density at radius 1 is 1.32 bits per heavy atom. The van der Waals surface area contributed by atoms with E-state index in [1.54, 1.807) is 6.33 Å². The molecule has 1 N–H and O–H groups in total. The highest BCUT2D eigenvalue weighted by Crippen LogP contribution is 2.20. The average molecular weight is 281 g/mol. The van der Waals surface area contributed by atoms with Crippen molar-refractivity contribution in [3.05, 3.63) is 28.7 Å². The van der Waals surface area contributed by atoms with E-state index in [0.717, 1.165) is 36.0 Å². The second-order valence-corrected chi connectivity index (χ2v) is 4.50. The number of anilines is 1. The third-order valence-corrected chi connectivity index (χ3v) is 3.27. The number of hydrogen-bond donors (Lipinski definition) is 1. The first-order valence-electron chi connectivity index (χ1n) is 6.29. The molecule has 0 aliphatic rings. The standard InChI is InChI=1S/C12H17ClN6/c1-4-9-16-11(13)8(3)12(17-9)14-6-10-18-15-7-19(10)5-2/h7H,4-6H2,1-3H3,(H,14,16,17). The number of halogens is 1. The largest absolute Gasteiger partial charge is 0.362 e. The molecule has 2 heterocycles. The van der Waals surface area contributed by atoms with Gasteiger partial charge in [0, 0.05) is 18.5 Å². The lowest BCUT2D eigenvalue weighted by molar-refractivity contribution is 0.706. The van der Waals surface area contributed by atoms with Crippen LogP contribution in [0.25, 0.3) is 0 Å². The molecule has 7 heteroatoms.